The van der Waals surface area contributed by atoms with E-state index < -0.39 is 0 Å². The molecule has 0 aliphatic heterocycles. The van der Waals surface area contributed by atoms with E-state index >= 15 is 0 Å². The molecule has 2 rings (SSSR count). The molecular weight excluding hydrogens is 294 g/mol. The summed E-state index contributed by atoms with van der Waals surface area (Å²) < 4.78 is 5.41. The Labute approximate surface area is 135 Å². The molecule has 23 heavy (non-hydrogen) atoms. The number of amides is 2. The Morgan fingerprint density at radius 3 is 2.39 bits per heavy atom. The molecule has 2 amide bonds. The number of carbonyl (C=O) groups excluding carboxylic acids is 2. The Kier molecular flexibility index (Phi) is 5.54. The molecule has 6 nitrogen and oxygen atoms in total. The standard InChI is InChI=1S/C17H21N3O3/c1-12(21)19-14-8-6-13(7-9-14)17(22)18-11-15(20(2)3)16-5-4-10-23-16/h4-10,15H,11H2,1-3H3,(H,18,22)(H,19,21)/t15-/m0/s1. The Hall–Kier alpha value is -2.60. The van der Waals surface area contributed by atoms with Gasteiger partial charge in [-0.25, -0.2) is 0 Å². The zero-order valence-corrected chi connectivity index (χ0v) is 13.5. The van der Waals surface area contributed by atoms with Crippen molar-refractivity contribution in [3.8, 4) is 0 Å². The lowest BCUT2D eigenvalue weighted by atomic mass is 10.1. The van der Waals surface area contributed by atoms with Gasteiger partial charge in [-0.05, 0) is 50.5 Å². The number of rotatable bonds is 6. The molecule has 1 aromatic carbocycles. The van der Waals surface area contributed by atoms with Gasteiger partial charge in [-0.2, -0.15) is 0 Å². The average molecular weight is 315 g/mol. The molecule has 0 radical (unpaired) electrons. The topological polar surface area (TPSA) is 74.6 Å². The highest BCUT2D eigenvalue weighted by molar-refractivity contribution is 5.95. The van der Waals surface area contributed by atoms with Gasteiger partial charge in [0.25, 0.3) is 5.91 Å². The third-order valence-corrected chi connectivity index (χ3v) is 3.42. The Balaban J connectivity index is 1.97. The average Bonchev–Trinajstić information content (AvgIpc) is 3.01. The summed E-state index contributed by atoms with van der Waals surface area (Å²) in [5.74, 6) is 0.489. The first-order valence-corrected chi connectivity index (χ1v) is 7.33. The van der Waals surface area contributed by atoms with Gasteiger partial charge >= 0.3 is 0 Å². The third-order valence-electron chi connectivity index (χ3n) is 3.42. The van der Waals surface area contributed by atoms with Crippen LogP contribution in [0.4, 0.5) is 5.69 Å². The minimum absolute atomic E-state index is 0.0346. The highest BCUT2D eigenvalue weighted by Crippen LogP contribution is 2.18. The molecular formula is C17H21N3O3. The maximum Gasteiger partial charge on any atom is 0.251 e. The van der Waals surface area contributed by atoms with Gasteiger partial charge in [-0.1, -0.05) is 0 Å². The van der Waals surface area contributed by atoms with Gasteiger partial charge in [-0.15, -0.1) is 0 Å². The molecule has 0 aliphatic rings. The summed E-state index contributed by atoms with van der Waals surface area (Å²) in [7, 11) is 3.86. The molecule has 0 bridgehead atoms. The normalized spacial score (nSPS) is 12.0. The molecule has 0 aliphatic carbocycles. The van der Waals surface area contributed by atoms with Crippen LogP contribution in [0.15, 0.2) is 47.1 Å². The molecule has 1 atom stereocenters. The summed E-state index contributed by atoms with van der Waals surface area (Å²) in [5.41, 5.74) is 1.20. The first-order valence-electron chi connectivity index (χ1n) is 7.33. The van der Waals surface area contributed by atoms with E-state index in [1.165, 1.54) is 6.92 Å². The van der Waals surface area contributed by atoms with E-state index in [0.29, 0.717) is 17.8 Å². The molecule has 2 aromatic rings. The van der Waals surface area contributed by atoms with Gasteiger partial charge in [0.1, 0.15) is 5.76 Å². The summed E-state index contributed by atoms with van der Waals surface area (Å²) in [4.78, 5) is 25.2. The fraction of sp³-hybridized carbons (Fsp3) is 0.294. The van der Waals surface area contributed by atoms with E-state index in [0.717, 1.165) is 5.76 Å². The second kappa shape index (κ2) is 7.60. The number of likely N-dealkylation sites (N-methyl/N-ethyl adjacent to an activating group) is 1. The highest BCUT2D eigenvalue weighted by atomic mass is 16.3. The van der Waals surface area contributed by atoms with Crippen LogP contribution in [-0.4, -0.2) is 37.4 Å². The smallest absolute Gasteiger partial charge is 0.251 e. The van der Waals surface area contributed by atoms with Crippen molar-refractivity contribution in [2.45, 2.75) is 13.0 Å². The van der Waals surface area contributed by atoms with Crippen molar-refractivity contribution in [3.63, 3.8) is 0 Å². The molecule has 0 unspecified atom stereocenters. The predicted molar refractivity (Wildman–Crippen MR) is 88.2 cm³/mol. The predicted octanol–water partition coefficient (Wildman–Crippen LogP) is 2.27. The van der Waals surface area contributed by atoms with Crippen LogP contribution in [-0.2, 0) is 4.79 Å². The van der Waals surface area contributed by atoms with Crippen LogP contribution in [0.2, 0.25) is 0 Å². The first kappa shape index (κ1) is 16.8. The maximum absolute atomic E-state index is 12.2. The molecule has 122 valence electrons. The number of benzene rings is 1. The molecule has 0 saturated carbocycles. The van der Waals surface area contributed by atoms with E-state index in [1.54, 1.807) is 30.5 Å². The minimum atomic E-state index is -0.169. The van der Waals surface area contributed by atoms with Crippen LogP contribution in [0, 0.1) is 0 Å². The zero-order chi connectivity index (χ0) is 16.8. The van der Waals surface area contributed by atoms with Crippen LogP contribution in [0.5, 0.6) is 0 Å². The first-order chi connectivity index (χ1) is 11.0. The van der Waals surface area contributed by atoms with E-state index in [2.05, 4.69) is 10.6 Å². The van der Waals surface area contributed by atoms with Crippen LogP contribution in [0.1, 0.15) is 29.1 Å². The summed E-state index contributed by atoms with van der Waals surface area (Å²) >= 11 is 0. The quantitative estimate of drug-likeness (QED) is 0.857. The van der Waals surface area contributed by atoms with E-state index in [1.807, 2.05) is 31.1 Å². The zero-order valence-electron chi connectivity index (χ0n) is 13.5. The number of carbonyl (C=O) groups is 2. The van der Waals surface area contributed by atoms with Crippen molar-refractivity contribution in [2.24, 2.45) is 0 Å². The number of hydrogen-bond acceptors (Lipinski definition) is 4. The fourth-order valence-corrected chi connectivity index (χ4v) is 2.22. The van der Waals surface area contributed by atoms with E-state index in [4.69, 9.17) is 4.42 Å². The number of hydrogen-bond donors (Lipinski definition) is 2. The van der Waals surface area contributed by atoms with Gasteiger partial charge in [-0.3, -0.25) is 14.5 Å². The summed E-state index contributed by atoms with van der Waals surface area (Å²) in [6.45, 7) is 1.88. The van der Waals surface area contributed by atoms with Crippen molar-refractivity contribution in [3.05, 3.63) is 54.0 Å². The van der Waals surface area contributed by atoms with Crippen LogP contribution in [0.25, 0.3) is 0 Å². The SMILES string of the molecule is CC(=O)Nc1ccc(C(=O)NC[C@@H](c2ccco2)N(C)C)cc1. The third kappa shape index (κ3) is 4.69. The van der Waals surface area contributed by atoms with E-state index in [9.17, 15) is 9.59 Å². The molecule has 6 heteroatoms. The van der Waals surface area contributed by atoms with Crippen molar-refractivity contribution in [1.29, 1.82) is 0 Å². The van der Waals surface area contributed by atoms with Crippen LogP contribution in [0.3, 0.4) is 0 Å². The highest BCUT2D eigenvalue weighted by Gasteiger charge is 2.18. The van der Waals surface area contributed by atoms with Crippen molar-refractivity contribution in [2.75, 3.05) is 26.0 Å². The Morgan fingerprint density at radius 1 is 1.17 bits per heavy atom. The Morgan fingerprint density at radius 2 is 1.87 bits per heavy atom. The molecule has 0 fully saturated rings. The van der Waals surface area contributed by atoms with Gasteiger partial charge in [0.05, 0.1) is 12.3 Å². The fourth-order valence-electron chi connectivity index (χ4n) is 2.22. The van der Waals surface area contributed by atoms with Crippen LogP contribution < -0.4 is 10.6 Å². The number of nitrogens with zero attached hydrogens (tertiary/aromatic N) is 1. The second-order valence-corrected chi connectivity index (χ2v) is 5.46. The maximum atomic E-state index is 12.2. The molecule has 1 heterocycles. The minimum Gasteiger partial charge on any atom is -0.468 e. The van der Waals surface area contributed by atoms with E-state index in [-0.39, 0.29) is 17.9 Å². The van der Waals surface area contributed by atoms with Crippen LogP contribution >= 0.6 is 0 Å². The van der Waals surface area contributed by atoms with Crippen molar-refractivity contribution < 1.29 is 14.0 Å². The van der Waals surface area contributed by atoms with Gasteiger partial charge in [0, 0.05) is 24.7 Å². The largest absolute Gasteiger partial charge is 0.468 e. The summed E-state index contributed by atoms with van der Waals surface area (Å²) in [6.07, 6.45) is 1.62. The number of anilines is 1. The van der Waals surface area contributed by atoms with Gasteiger partial charge < -0.3 is 15.1 Å². The molecule has 0 spiro atoms. The summed E-state index contributed by atoms with van der Waals surface area (Å²) in [6, 6.07) is 10.4. The lowest BCUT2D eigenvalue weighted by Gasteiger charge is -2.22. The number of furan rings is 1. The second-order valence-electron chi connectivity index (χ2n) is 5.46. The molecule has 2 N–H and O–H groups in total. The van der Waals surface area contributed by atoms with Crippen molar-refractivity contribution >= 4 is 17.5 Å². The lowest BCUT2D eigenvalue weighted by Crippen LogP contribution is -2.34. The molecule has 1 aromatic heterocycles. The van der Waals surface area contributed by atoms with Gasteiger partial charge in [0.15, 0.2) is 0 Å². The molecule has 0 saturated heterocycles. The van der Waals surface area contributed by atoms with Crippen molar-refractivity contribution in [1.82, 2.24) is 10.2 Å². The Bertz CT molecular complexity index is 648. The lowest BCUT2D eigenvalue weighted by molar-refractivity contribution is -0.114. The van der Waals surface area contributed by atoms with Gasteiger partial charge in [0.2, 0.25) is 5.91 Å². The monoisotopic (exact) mass is 315 g/mol. The number of nitrogens with one attached hydrogen (secondary N) is 2. The summed E-state index contributed by atoms with van der Waals surface area (Å²) in [5, 5.41) is 5.57.